The Kier molecular flexibility index (Phi) is 5.47. The number of benzene rings is 8. The van der Waals surface area contributed by atoms with Gasteiger partial charge in [0, 0.05) is 20.2 Å². The monoisotopic (exact) mass is 562 g/mol. The second-order valence-corrected chi connectivity index (χ2v) is 12.3. The molecule has 8 aromatic carbocycles. The number of rotatable bonds is 3. The summed E-state index contributed by atoms with van der Waals surface area (Å²) in [6.45, 7) is 0. The van der Waals surface area contributed by atoms with Gasteiger partial charge in [0.1, 0.15) is 0 Å². The van der Waals surface area contributed by atoms with Crippen LogP contribution in [0.15, 0.2) is 158 Å². The van der Waals surface area contributed by atoms with Crippen molar-refractivity contribution in [2.24, 2.45) is 0 Å². The van der Waals surface area contributed by atoms with E-state index >= 15 is 0 Å². The third-order valence-corrected chi connectivity index (χ3v) is 10.1. The van der Waals surface area contributed by atoms with Crippen molar-refractivity contribution in [2.75, 3.05) is 0 Å². The molecular weight excluding hydrogens is 537 g/mol. The van der Waals surface area contributed by atoms with E-state index in [0.29, 0.717) is 0 Å². The Hall–Kier alpha value is -5.24. The highest BCUT2D eigenvalue weighted by atomic mass is 32.1. The Labute approximate surface area is 254 Å². The van der Waals surface area contributed by atoms with Gasteiger partial charge in [-0.2, -0.15) is 0 Å². The van der Waals surface area contributed by atoms with Crippen LogP contribution in [-0.4, -0.2) is 0 Å². The normalized spacial score (nSPS) is 11.7. The molecule has 1 aromatic heterocycles. The lowest BCUT2D eigenvalue weighted by molar-refractivity contribution is 1.60. The Morgan fingerprint density at radius 2 is 0.721 bits per heavy atom. The molecule has 9 aromatic rings. The van der Waals surface area contributed by atoms with Crippen molar-refractivity contribution in [3.63, 3.8) is 0 Å². The highest BCUT2D eigenvalue weighted by Gasteiger charge is 2.12. The first kappa shape index (κ1) is 24.4. The zero-order chi connectivity index (χ0) is 28.3. The molecule has 0 spiro atoms. The molecule has 0 N–H and O–H groups in total. The molecule has 0 saturated carbocycles. The molecule has 0 aliphatic heterocycles. The fourth-order valence-electron chi connectivity index (χ4n) is 6.76. The molecule has 0 atom stereocenters. The molecule has 0 aliphatic carbocycles. The van der Waals surface area contributed by atoms with Gasteiger partial charge >= 0.3 is 0 Å². The smallest absolute Gasteiger partial charge is 0.0433 e. The average Bonchev–Trinajstić information content (AvgIpc) is 3.47. The average molecular weight is 563 g/mol. The quantitative estimate of drug-likeness (QED) is 0.188. The van der Waals surface area contributed by atoms with Gasteiger partial charge in [0.2, 0.25) is 0 Å². The maximum Gasteiger partial charge on any atom is 0.0433 e. The molecule has 1 heterocycles. The van der Waals surface area contributed by atoms with Crippen molar-refractivity contribution in [1.82, 2.24) is 0 Å². The zero-order valence-electron chi connectivity index (χ0n) is 23.4. The van der Waals surface area contributed by atoms with E-state index in [0.717, 1.165) is 0 Å². The lowest BCUT2D eigenvalue weighted by Crippen LogP contribution is -1.85. The standard InChI is InChI=1S/C42H26S/c1-2-10-35-33(8-1)34-9-3-4-11-36(34)40-26-31(24-25-37(35)40)29-18-16-27(17-19-29)28-20-22-30(23-21-28)32-13-7-14-39-38-12-5-6-15-41(38)43-42(32)39/h1-26H. The minimum atomic E-state index is 1.23. The van der Waals surface area contributed by atoms with Crippen LogP contribution in [0, 0.1) is 0 Å². The summed E-state index contributed by atoms with van der Waals surface area (Å²) in [5.41, 5.74) is 7.50. The lowest BCUT2D eigenvalue weighted by Gasteiger charge is -2.12. The molecule has 0 aliphatic rings. The number of hydrogen-bond donors (Lipinski definition) is 0. The van der Waals surface area contributed by atoms with Crippen LogP contribution < -0.4 is 0 Å². The molecule has 43 heavy (non-hydrogen) atoms. The van der Waals surface area contributed by atoms with E-state index < -0.39 is 0 Å². The Bertz CT molecular complexity index is 2440. The fraction of sp³-hybridized carbons (Fsp3) is 0. The number of fused-ring (bicyclic) bond motifs is 9. The molecule has 0 radical (unpaired) electrons. The summed E-state index contributed by atoms with van der Waals surface area (Å²) in [4.78, 5) is 0. The summed E-state index contributed by atoms with van der Waals surface area (Å²) in [6, 6.07) is 57.9. The van der Waals surface area contributed by atoms with Gasteiger partial charge in [-0.05, 0) is 77.8 Å². The van der Waals surface area contributed by atoms with Crippen molar-refractivity contribution >= 4 is 63.8 Å². The maximum absolute atomic E-state index is 2.36. The number of thiophene rings is 1. The zero-order valence-corrected chi connectivity index (χ0v) is 24.2. The second kappa shape index (κ2) is 9.66. The maximum atomic E-state index is 2.36. The Balaban J connectivity index is 1.07. The summed E-state index contributed by atoms with van der Waals surface area (Å²) in [5, 5.41) is 10.5. The van der Waals surface area contributed by atoms with Crippen LogP contribution in [-0.2, 0) is 0 Å². The van der Waals surface area contributed by atoms with E-state index in [-0.39, 0.29) is 0 Å². The fourth-order valence-corrected chi connectivity index (χ4v) is 8.00. The summed E-state index contributed by atoms with van der Waals surface area (Å²) in [7, 11) is 0. The predicted molar refractivity (Wildman–Crippen MR) is 188 cm³/mol. The van der Waals surface area contributed by atoms with Gasteiger partial charge in [0.15, 0.2) is 0 Å². The van der Waals surface area contributed by atoms with E-state index in [1.807, 2.05) is 11.3 Å². The van der Waals surface area contributed by atoms with E-state index in [2.05, 4.69) is 158 Å². The highest BCUT2D eigenvalue weighted by molar-refractivity contribution is 7.26. The van der Waals surface area contributed by atoms with Gasteiger partial charge in [0.05, 0.1) is 0 Å². The summed E-state index contributed by atoms with van der Waals surface area (Å²) in [6.07, 6.45) is 0. The Morgan fingerprint density at radius 3 is 1.35 bits per heavy atom. The third kappa shape index (κ3) is 3.90. The van der Waals surface area contributed by atoms with Gasteiger partial charge in [-0.25, -0.2) is 0 Å². The van der Waals surface area contributed by atoms with E-state index in [1.54, 1.807) is 0 Å². The van der Waals surface area contributed by atoms with E-state index in [4.69, 9.17) is 0 Å². The van der Waals surface area contributed by atoms with Gasteiger partial charge < -0.3 is 0 Å². The van der Waals surface area contributed by atoms with Gasteiger partial charge in [-0.3, -0.25) is 0 Å². The lowest BCUT2D eigenvalue weighted by atomic mass is 9.91. The summed E-state index contributed by atoms with van der Waals surface area (Å²) >= 11 is 1.88. The van der Waals surface area contributed by atoms with Crippen LogP contribution in [0.5, 0.6) is 0 Å². The molecule has 0 saturated heterocycles. The van der Waals surface area contributed by atoms with Crippen molar-refractivity contribution < 1.29 is 0 Å². The molecule has 0 nitrogen and oxygen atoms in total. The van der Waals surface area contributed by atoms with E-state index in [1.165, 1.54) is 85.9 Å². The molecule has 1 heteroatoms. The first-order valence-electron chi connectivity index (χ1n) is 14.8. The van der Waals surface area contributed by atoms with Crippen LogP contribution in [0.2, 0.25) is 0 Å². The van der Waals surface area contributed by atoms with Crippen LogP contribution in [0.3, 0.4) is 0 Å². The number of hydrogen-bond acceptors (Lipinski definition) is 1. The molecule has 9 rings (SSSR count). The molecule has 200 valence electrons. The van der Waals surface area contributed by atoms with Crippen molar-refractivity contribution in [3.8, 4) is 33.4 Å². The minimum absolute atomic E-state index is 1.23. The summed E-state index contributed by atoms with van der Waals surface area (Å²) < 4.78 is 2.70. The van der Waals surface area contributed by atoms with Crippen molar-refractivity contribution in [1.29, 1.82) is 0 Å². The molecular formula is C42H26S. The Morgan fingerprint density at radius 1 is 0.279 bits per heavy atom. The van der Waals surface area contributed by atoms with Crippen LogP contribution in [0.1, 0.15) is 0 Å². The SMILES string of the molecule is c1ccc2c(c1)sc1c(-c3ccc(-c4ccc(-c5ccc6c7ccccc7c7ccccc7c6c5)cc4)cc3)cccc12. The summed E-state index contributed by atoms with van der Waals surface area (Å²) in [5.74, 6) is 0. The minimum Gasteiger partial charge on any atom is -0.135 e. The topological polar surface area (TPSA) is 0 Å². The van der Waals surface area contributed by atoms with E-state index in [9.17, 15) is 0 Å². The van der Waals surface area contributed by atoms with Gasteiger partial charge in [-0.1, -0.05) is 146 Å². The predicted octanol–water partition coefficient (Wildman–Crippen LogP) is 12.5. The van der Waals surface area contributed by atoms with Gasteiger partial charge in [-0.15, -0.1) is 11.3 Å². The molecule has 0 amide bonds. The first-order valence-corrected chi connectivity index (χ1v) is 15.6. The van der Waals surface area contributed by atoms with Crippen molar-refractivity contribution in [2.45, 2.75) is 0 Å². The van der Waals surface area contributed by atoms with Crippen LogP contribution >= 0.6 is 11.3 Å². The largest absolute Gasteiger partial charge is 0.135 e. The first-order chi connectivity index (χ1) is 21.3. The van der Waals surface area contributed by atoms with Crippen LogP contribution in [0.25, 0.3) is 85.9 Å². The highest BCUT2D eigenvalue weighted by Crippen LogP contribution is 2.41. The second-order valence-electron chi connectivity index (χ2n) is 11.3. The molecule has 0 bridgehead atoms. The van der Waals surface area contributed by atoms with Crippen molar-refractivity contribution in [3.05, 3.63) is 158 Å². The third-order valence-electron chi connectivity index (χ3n) is 8.90. The molecule has 0 fully saturated rings. The van der Waals surface area contributed by atoms with Gasteiger partial charge in [0.25, 0.3) is 0 Å². The molecule has 0 unspecified atom stereocenters. The van der Waals surface area contributed by atoms with Crippen LogP contribution in [0.4, 0.5) is 0 Å².